The molecule has 6 rings (SSSR count). The summed E-state index contributed by atoms with van der Waals surface area (Å²) in [7, 11) is 1.46. The molecule has 4 bridgehead atoms. The number of fused-ring (bicyclic) bond motifs is 1. The van der Waals surface area contributed by atoms with E-state index in [-0.39, 0.29) is 40.3 Å². The minimum atomic E-state index is -1.34. The van der Waals surface area contributed by atoms with Crippen LogP contribution in [0.15, 0.2) is 42.0 Å². The van der Waals surface area contributed by atoms with Crippen LogP contribution in [-0.2, 0) is 14.9 Å². The van der Waals surface area contributed by atoms with Gasteiger partial charge in [0, 0.05) is 40.9 Å². The zero-order chi connectivity index (χ0) is 25.7. The smallest absolute Gasteiger partial charge is 0.200 e. The van der Waals surface area contributed by atoms with Crippen LogP contribution in [-0.4, -0.2) is 40.6 Å². The van der Waals surface area contributed by atoms with E-state index < -0.39 is 28.1 Å². The van der Waals surface area contributed by atoms with E-state index in [9.17, 15) is 14.7 Å². The quantitative estimate of drug-likeness (QED) is 0.584. The SMILES string of the molecule is C=CC(C)(C)c1c(O)cc(OC)c2c1O[C@]13C(=C[C@@H]4CC1C(C)(C)O[C@@]3(CC=C(C)C)C4=O)C2=O. The first-order valence-electron chi connectivity index (χ1n) is 12.2. The molecule has 0 radical (unpaired) electrons. The third kappa shape index (κ3) is 2.75. The van der Waals surface area contributed by atoms with Crippen molar-refractivity contribution in [2.24, 2.45) is 11.8 Å². The summed E-state index contributed by atoms with van der Waals surface area (Å²) in [6, 6.07) is 1.46. The maximum Gasteiger partial charge on any atom is 0.200 e. The fraction of sp³-hybridized carbons (Fsp3) is 0.517. The van der Waals surface area contributed by atoms with Gasteiger partial charge in [-0.1, -0.05) is 37.6 Å². The lowest BCUT2D eigenvalue weighted by Gasteiger charge is -2.56. The highest BCUT2D eigenvalue weighted by Crippen LogP contribution is 2.68. The molecule has 1 N–H and O–H groups in total. The van der Waals surface area contributed by atoms with Crippen LogP contribution in [0.5, 0.6) is 17.2 Å². The van der Waals surface area contributed by atoms with Gasteiger partial charge < -0.3 is 19.3 Å². The Morgan fingerprint density at radius 2 is 2.00 bits per heavy atom. The molecule has 1 saturated carbocycles. The lowest BCUT2D eigenvalue weighted by molar-refractivity contribution is -0.171. The molecule has 0 aromatic heterocycles. The molecular weight excluding hydrogens is 444 g/mol. The monoisotopic (exact) mass is 478 g/mol. The van der Waals surface area contributed by atoms with Gasteiger partial charge in [0.15, 0.2) is 22.8 Å². The summed E-state index contributed by atoms with van der Waals surface area (Å²) in [5.74, 6) is -0.499. The number of allylic oxidation sites excluding steroid dienone is 3. The number of rotatable bonds is 5. The molecule has 35 heavy (non-hydrogen) atoms. The van der Waals surface area contributed by atoms with Gasteiger partial charge >= 0.3 is 0 Å². The fourth-order valence-corrected chi connectivity index (χ4v) is 6.80. The van der Waals surface area contributed by atoms with Crippen LogP contribution in [0.1, 0.15) is 70.3 Å². The Labute approximate surface area is 206 Å². The number of hydrogen-bond donors (Lipinski definition) is 1. The Hall–Kier alpha value is -2.86. The number of benzene rings is 1. The van der Waals surface area contributed by atoms with Gasteiger partial charge in [0.1, 0.15) is 22.8 Å². The van der Waals surface area contributed by atoms with Crippen LogP contribution < -0.4 is 9.47 Å². The maximum absolute atomic E-state index is 14.3. The van der Waals surface area contributed by atoms with Gasteiger partial charge in [0.05, 0.1) is 12.7 Å². The fourth-order valence-electron chi connectivity index (χ4n) is 6.80. The second-order valence-corrected chi connectivity index (χ2v) is 11.6. The lowest BCUT2D eigenvalue weighted by atomic mass is 9.51. The van der Waals surface area contributed by atoms with Gasteiger partial charge in [-0.2, -0.15) is 0 Å². The van der Waals surface area contributed by atoms with Gasteiger partial charge in [-0.25, -0.2) is 0 Å². The zero-order valence-electron chi connectivity index (χ0n) is 21.6. The Morgan fingerprint density at radius 3 is 2.60 bits per heavy atom. The Morgan fingerprint density at radius 1 is 1.31 bits per heavy atom. The first-order chi connectivity index (χ1) is 16.3. The molecule has 0 amide bonds. The van der Waals surface area contributed by atoms with E-state index in [4.69, 9.17) is 14.2 Å². The summed E-state index contributed by atoms with van der Waals surface area (Å²) < 4.78 is 19.2. The molecule has 4 atom stereocenters. The van der Waals surface area contributed by atoms with E-state index >= 15 is 0 Å². The molecule has 5 aliphatic rings. The molecule has 6 nitrogen and oxygen atoms in total. The van der Waals surface area contributed by atoms with Gasteiger partial charge in [-0.05, 0) is 34.1 Å². The average Bonchev–Trinajstić information content (AvgIpc) is 2.94. The standard InChI is InChI=1S/C29H34O6/c1-9-26(4,5)22-18(30)14-19(33-8)21-23(31)17-12-16-13-20-27(6,7)35-28(25(16)32,11-10-15(2)3)29(17,20)34-24(21)22/h9-10,12,14,16,20,30H,1,11,13H2,2-8H3/t16-,20?,28+,29-/m1/s1. The third-order valence-corrected chi connectivity index (χ3v) is 8.49. The molecule has 2 heterocycles. The molecule has 2 fully saturated rings. The van der Waals surface area contributed by atoms with E-state index in [1.807, 2.05) is 47.6 Å². The number of carbonyl (C=O) groups excluding carboxylic acids is 2. The second kappa shape index (κ2) is 7.10. The van der Waals surface area contributed by atoms with E-state index in [2.05, 4.69) is 6.58 Å². The summed E-state index contributed by atoms with van der Waals surface area (Å²) in [6.45, 7) is 15.6. The van der Waals surface area contributed by atoms with Gasteiger partial charge in [0.25, 0.3) is 0 Å². The third-order valence-electron chi connectivity index (χ3n) is 8.49. The van der Waals surface area contributed by atoms with Crippen LogP contribution in [0, 0.1) is 11.8 Å². The van der Waals surface area contributed by atoms with Crippen molar-refractivity contribution >= 4 is 11.6 Å². The van der Waals surface area contributed by atoms with Crippen LogP contribution in [0.2, 0.25) is 0 Å². The molecule has 1 saturated heterocycles. The van der Waals surface area contributed by atoms with Gasteiger partial charge in [-0.15, -0.1) is 6.58 Å². The number of ketones is 2. The topological polar surface area (TPSA) is 82.1 Å². The largest absolute Gasteiger partial charge is 0.507 e. The molecule has 1 spiro atoms. The maximum atomic E-state index is 14.3. The first kappa shape index (κ1) is 23.9. The van der Waals surface area contributed by atoms with Crippen molar-refractivity contribution in [3.63, 3.8) is 0 Å². The lowest BCUT2D eigenvalue weighted by Crippen LogP contribution is -2.72. The minimum absolute atomic E-state index is 0.0477. The Bertz CT molecular complexity index is 1240. The summed E-state index contributed by atoms with van der Waals surface area (Å²) in [5, 5.41) is 11.1. The second-order valence-electron chi connectivity index (χ2n) is 11.6. The molecule has 3 aliphatic carbocycles. The highest BCUT2D eigenvalue weighted by atomic mass is 16.6. The molecule has 6 heteroatoms. The van der Waals surface area contributed by atoms with E-state index in [0.717, 1.165) is 5.57 Å². The molecule has 1 aromatic rings. The Kier molecular flexibility index (Phi) is 4.84. The van der Waals surface area contributed by atoms with Crippen molar-refractivity contribution in [3.05, 3.63) is 53.1 Å². The van der Waals surface area contributed by atoms with E-state index in [1.54, 1.807) is 12.2 Å². The van der Waals surface area contributed by atoms with Crippen molar-refractivity contribution < 1.29 is 28.9 Å². The van der Waals surface area contributed by atoms with Crippen LogP contribution in [0.3, 0.4) is 0 Å². The molecule has 2 aliphatic heterocycles. The summed E-state index contributed by atoms with van der Waals surface area (Å²) >= 11 is 0. The normalized spacial score (nSPS) is 31.8. The van der Waals surface area contributed by atoms with E-state index in [0.29, 0.717) is 24.0 Å². The minimum Gasteiger partial charge on any atom is -0.507 e. The highest BCUT2D eigenvalue weighted by Gasteiger charge is 2.81. The van der Waals surface area contributed by atoms with Crippen LogP contribution in [0.25, 0.3) is 0 Å². The van der Waals surface area contributed by atoms with E-state index in [1.165, 1.54) is 13.2 Å². The number of hydrogen-bond acceptors (Lipinski definition) is 6. The van der Waals surface area contributed by atoms with Crippen molar-refractivity contribution in [2.75, 3.05) is 7.11 Å². The first-order valence-corrected chi connectivity index (χ1v) is 12.2. The molecule has 1 unspecified atom stereocenters. The summed E-state index contributed by atoms with van der Waals surface area (Å²) in [5.41, 5.74) is -1.85. The predicted molar refractivity (Wildman–Crippen MR) is 132 cm³/mol. The number of Topliss-reactive ketones (excluding diaryl/α,β-unsaturated/α-hetero) is 2. The summed E-state index contributed by atoms with van der Waals surface area (Å²) in [6.07, 6.45) is 6.35. The number of aromatic hydroxyl groups is 1. The predicted octanol–water partition coefficient (Wildman–Crippen LogP) is 5.23. The van der Waals surface area contributed by atoms with Gasteiger partial charge in [-0.3, -0.25) is 9.59 Å². The van der Waals surface area contributed by atoms with Gasteiger partial charge in [0.2, 0.25) is 0 Å². The zero-order valence-corrected chi connectivity index (χ0v) is 21.6. The Balaban J connectivity index is 1.88. The number of phenolic OH excluding ortho intramolecular Hbond substituents is 1. The molecule has 1 aromatic carbocycles. The molecular formula is C29H34O6. The highest BCUT2D eigenvalue weighted by molar-refractivity contribution is 6.18. The number of phenols is 1. The van der Waals surface area contributed by atoms with Crippen molar-refractivity contribution in [2.45, 2.75) is 76.6 Å². The number of carbonyl (C=O) groups is 2. The molecule has 186 valence electrons. The van der Waals surface area contributed by atoms with Crippen LogP contribution in [0.4, 0.5) is 0 Å². The average molecular weight is 479 g/mol. The number of methoxy groups -OCH3 is 1. The summed E-state index contributed by atoms with van der Waals surface area (Å²) in [4.78, 5) is 28.3. The van der Waals surface area contributed by atoms with Crippen molar-refractivity contribution in [3.8, 4) is 17.2 Å². The van der Waals surface area contributed by atoms with Crippen LogP contribution >= 0.6 is 0 Å². The van der Waals surface area contributed by atoms with Crippen molar-refractivity contribution in [1.29, 1.82) is 0 Å². The number of ether oxygens (including phenoxy) is 3. The van der Waals surface area contributed by atoms with Crippen molar-refractivity contribution in [1.82, 2.24) is 0 Å².